The summed E-state index contributed by atoms with van der Waals surface area (Å²) in [6, 6.07) is 17.0. The van der Waals surface area contributed by atoms with E-state index in [9.17, 15) is 4.39 Å². The molecule has 0 bridgehead atoms. The summed E-state index contributed by atoms with van der Waals surface area (Å²) in [7, 11) is 0. The molecule has 0 amide bonds. The predicted molar refractivity (Wildman–Crippen MR) is 101 cm³/mol. The maximum Gasteiger partial charge on any atom is 0.132 e. The Balaban J connectivity index is 2.15. The van der Waals surface area contributed by atoms with E-state index in [2.05, 4.69) is 51.1 Å². The average molecular weight is 330 g/mol. The van der Waals surface area contributed by atoms with Crippen molar-refractivity contribution in [3.8, 4) is 11.3 Å². The van der Waals surface area contributed by atoms with Gasteiger partial charge < -0.3 is 0 Å². The standard InChI is InChI=1S/C22H19FN2/c1-13(2)22-24-20(15-7-5-8-16(23)12-15)19-11-10-17-14(3)6-4-9-18(17)21(19)25-22/h4-13H,1-3H3. The number of rotatable bonds is 2. The molecule has 0 saturated carbocycles. The molecular weight excluding hydrogens is 311 g/mol. The van der Waals surface area contributed by atoms with Gasteiger partial charge in [0.05, 0.1) is 11.2 Å². The van der Waals surface area contributed by atoms with Crippen LogP contribution in [0.5, 0.6) is 0 Å². The molecule has 0 aliphatic carbocycles. The van der Waals surface area contributed by atoms with Gasteiger partial charge in [0.2, 0.25) is 0 Å². The summed E-state index contributed by atoms with van der Waals surface area (Å²) >= 11 is 0. The second kappa shape index (κ2) is 5.92. The molecule has 1 aromatic heterocycles. The van der Waals surface area contributed by atoms with Crippen molar-refractivity contribution in [2.75, 3.05) is 0 Å². The lowest BCUT2D eigenvalue weighted by Crippen LogP contribution is -2.01. The van der Waals surface area contributed by atoms with Gasteiger partial charge in [-0.3, -0.25) is 0 Å². The molecule has 1 heterocycles. The molecule has 4 aromatic rings. The first-order valence-electron chi connectivity index (χ1n) is 8.50. The van der Waals surface area contributed by atoms with Crippen molar-refractivity contribution >= 4 is 21.7 Å². The van der Waals surface area contributed by atoms with Crippen molar-refractivity contribution < 1.29 is 4.39 Å². The Morgan fingerprint density at radius 1 is 0.840 bits per heavy atom. The summed E-state index contributed by atoms with van der Waals surface area (Å²) in [6.07, 6.45) is 0. The molecule has 0 spiro atoms. The van der Waals surface area contributed by atoms with Crippen LogP contribution in [-0.2, 0) is 0 Å². The minimum atomic E-state index is -0.257. The maximum absolute atomic E-state index is 13.8. The number of nitrogens with zero attached hydrogens (tertiary/aromatic N) is 2. The van der Waals surface area contributed by atoms with Crippen molar-refractivity contribution in [3.63, 3.8) is 0 Å². The molecule has 0 radical (unpaired) electrons. The number of aryl methyl sites for hydroxylation is 1. The lowest BCUT2D eigenvalue weighted by molar-refractivity contribution is 0.628. The van der Waals surface area contributed by atoms with Gasteiger partial charge in [0.25, 0.3) is 0 Å². The highest BCUT2D eigenvalue weighted by Crippen LogP contribution is 2.33. The number of halogens is 1. The number of benzene rings is 3. The van der Waals surface area contributed by atoms with E-state index in [-0.39, 0.29) is 11.7 Å². The molecule has 4 rings (SSSR count). The van der Waals surface area contributed by atoms with Gasteiger partial charge in [0.1, 0.15) is 11.6 Å². The molecule has 0 saturated heterocycles. The third kappa shape index (κ3) is 2.66. The summed E-state index contributed by atoms with van der Waals surface area (Å²) < 4.78 is 13.8. The SMILES string of the molecule is Cc1cccc2c1ccc1c(-c3cccc(F)c3)nc(C(C)C)nc12. The van der Waals surface area contributed by atoms with E-state index in [4.69, 9.17) is 9.97 Å². The topological polar surface area (TPSA) is 25.8 Å². The Labute approximate surface area is 146 Å². The van der Waals surface area contributed by atoms with Gasteiger partial charge in [-0.1, -0.05) is 50.2 Å². The Morgan fingerprint density at radius 3 is 2.36 bits per heavy atom. The van der Waals surface area contributed by atoms with Gasteiger partial charge in [-0.15, -0.1) is 0 Å². The number of hydrogen-bond acceptors (Lipinski definition) is 2. The van der Waals surface area contributed by atoms with E-state index in [0.717, 1.165) is 33.4 Å². The van der Waals surface area contributed by atoms with Crippen molar-refractivity contribution in [1.82, 2.24) is 9.97 Å². The van der Waals surface area contributed by atoms with Crippen LogP contribution in [0.2, 0.25) is 0 Å². The molecule has 3 aromatic carbocycles. The molecule has 124 valence electrons. The first kappa shape index (κ1) is 15.7. The first-order chi connectivity index (χ1) is 12.0. The highest BCUT2D eigenvalue weighted by atomic mass is 19.1. The quantitative estimate of drug-likeness (QED) is 0.420. The van der Waals surface area contributed by atoms with Crippen molar-refractivity contribution in [2.24, 2.45) is 0 Å². The van der Waals surface area contributed by atoms with Crippen LogP contribution in [0, 0.1) is 12.7 Å². The molecule has 0 aliphatic rings. The largest absolute Gasteiger partial charge is 0.232 e. The van der Waals surface area contributed by atoms with Crippen LogP contribution in [0.25, 0.3) is 32.9 Å². The van der Waals surface area contributed by atoms with Crippen LogP contribution in [0.15, 0.2) is 54.6 Å². The lowest BCUT2D eigenvalue weighted by atomic mass is 9.99. The second-order valence-electron chi connectivity index (χ2n) is 6.73. The van der Waals surface area contributed by atoms with E-state index in [1.54, 1.807) is 6.07 Å². The zero-order valence-electron chi connectivity index (χ0n) is 14.5. The molecule has 2 nitrogen and oxygen atoms in total. The summed E-state index contributed by atoms with van der Waals surface area (Å²) in [5.41, 5.74) is 3.72. The highest BCUT2D eigenvalue weighted by molar-refractivity contribution is 6.09. The molecule has 0 N–H and O–H groups in total. The predicted octanol–water partition coefficient (Wildman–Crippen LogP) is 6.02. The van der Waals surface area contributed by atoms with Gasteiger partial charge in [0.15, 0.2) is 0 Å². The van der Waals surface area contributed by atoms with Gasteiger partial charge in [-0.2, -0.15) is 0 Å². The molecule has 0 unspecified atom stereocenters. The minimum Gasteiger partial charge on any atom is -0.232 e. The summed E-state index contributed by atoms with van der Waals surface area (Å²) in [5.74, 6) is 0.713. The fourth-order valence-electron chi connectivity index (χ4n) is 3.24. The molecular formula is C22H19FN2. The Kier molecular flexibility index (Phi) is 3.72. The summed E-state index contributed by atoms with van der Waals surface area (Å²) in [4.78, 5) is 9.61. The fourth-order valence-corrected chi connectivity index (χ4v) is 3.24. The Morgan fingerprint density at radius 2 is 1.60 bits per heavy atom. The van der Waals surface area contributed by atoms with Crippen LogP contribution in [0.4, 0.5) is 4.39 Å². The fraction of sp³-hybridized carbons (Fsp3) is 0.182. The molecule has 0 aliphatic heterocycles. The minimum absolute atomic E-state index is 0.191. The molecule has 0 atom stereocenters. The van der Waals surface area contributed by atoms with Gasteiger partial charge in [-0.05, 0) is 36.1 Å². The van der Waals surface area contributed by atoms with E-state index >= 15 is 0 Å². The van der Waals surface area contributed by atoms with Crippen molar-refractivity contribution in [1.29, 1.82) is 0 Å². The zero-order valence-corrected chi connectivity index (χ0v) is 14.5. The smallest absolute Gasteiger partial charge is 0.132 e. The Hall–Kier alpha value is -2.81. The third-order valence-electron chi connectivity index (χ3n) is 4.57. The normalized spacial score (nSPS) is 11.6. The van der Waals surface area contributed by atoms with Gasteiger partial charge in [-0.25, -0.2) is 14.4 Å². The van der Waals surface area contributed by atoms with Crippen molar-refractivity contribution in [2.45, 2.75) is 26.7 Å². The molecule has 0 fully saturated rings. The van der Waals surface area contributed by atoms with Crippen LogP contribution in [0.1, 0.15) is 31.2 Å². The number of aromatic nitrogens is 2. The van der Waals surface area contributed by atoms with Crippen LogP contribution < -0.4 is 0 Å². The zero-order chi connectivity index (χ0) is 17.6. The first-order valence-corrected chi connectivity index (χ1v) is 8.50. The molecule has 25 heavy (non-hydrogen) atoms. The Bertz CT molecular complexity index is 1100. The molecule has 3 heteroatoms. The van der Waals surface area contributed by atoms with E-state index in [1.807, 2.05) is 6.07 Å². The summed E-state index contributed by atoms with van der Waals surface area (Å²) in [6.45, 7) is 6.26. The van der Waals surface area contributed by atoms with Crippen LogP contribution in [-0.4, -0.2) is 9.97 Å². The van der Waals surface area contributed by atoms with E-state index in [0.29, 0.717) is 0 Å². The van der Waals surface area contributed by atoms with Gasteiger partial charge in [0, 0.05) is 22.3 Å². The number of fused-ring (bicyclic) bond motifs is 3. The monoisotopic (exact) mass is 330 g/mol. The lowest BCUT2D eigenvalue weighted by Gasteiger charge is -2.13. The van der Waals surface area contributed by atoms with E-state index < -0.39 is 0 Å². The maximum atomic E-state index is 13.8. The highest BCUT2D eigenvalue weighted by Gasteiger charge is 2.15. The van der Waals surface area contributed by atoms with Crippen LogP contribution in [0.3, 0.4) is 0 Å². The summed E-state index contributed by atoms with van der Waals surface area (Å²) in [5, 5.41) is 3.25. The second-order valence-corrected chi connectivity index (χ2v) is 6.73. The van der Waals surface area contributed by atoms with Gasteiger partial charge >= 0.3 is 0 Å². The average Bonchev–Trinajstić information content (AvgIpc) is 2.60. The van der Waals surface area contributed by atoms with E-state index in [1.165, 1.54) is 23.1 Å². The van der Waals surface area contributed by atoms with Crippen LogP contribution >= 0.6 is 0 Å². The number of hydrogen-bond donors (Lipinski definition) is 0. The van der Waals surface area contributed by atoms with Crippen molar-refractivity contribution in [3.05, 3.63) is 71.8 Å². The third-order valence-corrected chi connectivity index (χ3v) is 4.57.